The number of piperazine rings is 1. The summed E-state index contributed by atoms with van der Waals surface area (Å²) in [5.74, 6) is 0.395. The van der Waals surface area contributed by atoms with Gasteiger partial charge in [-0.05, 0) is 29.8 Å². The minimum atomic E-state index is -0.00311. The first-order valence-electron chi connectivity index (χ1n) is 9.37. The second-order valence-electron chi connectivity index (χ2n) is 7.02. The van der Waals surface area contributed by atoms with Crippen LogP contribution in [0.25, 0.3) is 0 Å². The van der Waals surface area contributed by atoms with E-state index in [-0.39, 0.29) is 18.4 Å². The Morgan fingerprint density at radius 2 is 1.82 bits per heavy atom. The summed E-state index contributed by atoms with van der Waals surface area (Å²) in [5.41, 5.74) is 2.02. The summed E-state index contributed by atoms with van der Waals surface area (Å²) in [4.78, 5) is 32.1. The molecule has 2 aromatic rings. The number of anilines is 1. The first-order chi connectivity index (χ1) is 13.6. The number of amides is 2. The van der Waals surface area contributed by atoms with Crippen molar-refractivity contribution in [3.05, 3.63) is 59.1 Å². The van der Waals surface area contributed by atoms with Crippen molar-refractivity contribution in [2.45, 2.75) is 11.4 Å². The Hall–Kier alpha value is -2.02. The smallest absolute Gasteiger partial charge is 0.242 e. The van der Waals surface area contributed by atoms with E-state index in [0.29, 0.717) is 18.8 Å². The molecule has 2 amide bonds. The zero-order chi connectivity index (χ0) is 19.5. The van der Waals surface area contributed by atoms with Crippen molar-refractivity contribution in [2.75, 3.05) is 43.4 Å². The highest BCUT2D eigenvalue weighted by molar-refractivity contribution is 8.00. The molecule has 146 valence electrons. The second-order valence-corrected chi connectivity index (χ2v) is 8.48. The molecule has 0 radical (unpaired) electrons. The molecule has 4 rings (SSSR count). The average Bonchev–Trinajstić information content (AvgIpc) is 2.71. The van der Waals surface area contributed by atoms with Gasteiger partial charge in [0.25, 0.3) is 0 Å². The zero-order valence-electron chi connectivity index (χ0n) is 15.5. The van der Waals surface area contributed by atoms with Gasteiger partial charge in [-0.15, -0.1) is 11.8 Å². The van der Waals surface area contributed by atoms with Crippen molar-refractivity contribution >= 4 is 40.9 Å². The lowest BCUT2D eigenvalue weighted by Crippen LogP contribution is -2.52. The Bertz CT molecular complexity index is 883. The van der Waals surface area contributed by atoms with Crippen LogP contribution in [0.3, 0.4) is 0 Å². The molecule has 2 aromatic carbocycles. The predicted octanol–water partition coefficient (Wildman–Crippen LogP) is 3.12. The maximum Gasteiger partial charge on any atom is 0.242 e. The van der Waals surface area contributed by atoms with E-state index in [0.717, 1.165) is 35.2 Å². The molecule has 2 heterocycles. The van der Waals surface area contributed by atoms with Gasteiger partial charge in [-0.2, -0.15) is 0 Å². The predicted molar refractivity (Wildman–Crippen MR) is 113 cm³/mol. The lowest BCUT2D eigenvalue weighted by Gasteiger charge is -2.36. The molecule has 0 unspecified atom stereocenters. The molecule has 0 aromatic heterocycles. The van der Waals surface area contributed by atoms with Crippen molar-refractivity contribution in [3.8, 4) is 0 Å². The molecule has 0 aliphatic carbocycles. The van der Waals surface area contributed by atoms with Crippen LogP contribution in [0.15, 0.2) is 53.4 Å². The Balaban J connectivity index is 1.34. The minimum Gasteiger partial charge on any atom is -0.339 e. The number of hydrogen-bond donors (Lipinski definition) is 0. The Labute approximate surface area is 174 Å². The zero-order valence-corrected chi connectivity index (χ0v) is 17.1. The first kappa shape index (κ1) is 19.3. The largest absolute Gasteiger partial charge is 0.339 e. The fourth-order valence-corrected chi connectivity index (χ4v) is 4.76. The molecule has 2 aliphatic heterocycles. The van der Waals surface area contributed by atoms with Crippen LogP contribution in [-0.2, 0) is 16.1 Å². The van der Waals surface area contributed by atoms with Gasteiger partial charge in [0.1, 0.15) is 6.54 Å². The molecule has 1 fully saturated rings. The minimum absolute atomic E-state index is 0.00311. The van der Waals surface area contributed by atoms with Gasteiger partial charge in [0, 0.05) is 42.6 Å². The normalized spacial score (nSPS) is 17.5. The Morgan fingerprint density at radius 1 is 1.04 bits per heavy atom. The van der Waals surface area contributed by atoms with Crippen LogP contribution in [0.1, 0.15) is 5.56 Å². The van der Waals surface area contributed by atoms with E-state index in [2.05, 4.69) is 11.0 Å². The van der Waals surface area contributed by atoms with Gasteiger partial charge < -0.3 is 9.80 Å². The van der Waals surface area contributed by atoms with Crippen molar-refractivity contribution in [2.24, 2.45) is 0 Å². The standard InChI is InChI=1S/C21H22ClN3O2S/c22-17-5-3-4-16(12-17)13-23-8-10-24(11-9-23)20(26)14-25-18-6-1-2-7-19(18)28-15-21(25)27/h1-7,12H,8-11,13-15H2. The van der Waals surface area contributed by atoms with E-state index in [1.165, 1.54) is 17.3 Å². The molecule has 5 nitrogen and oxygen atoms in total. The van der Waals surface area contributed by atoms with Crippen LogP contribution in [0.4, 0.5) is 5.69 Å². The van der Waals surface area contributed by atoms with E-state index in [1.807, 2.05) is 47.4 Å². The maximum atomic E-state index is 12.8. The summed E-state index contributed by atoms with van der Waals surface area (Å²) < 4.78 is 0. The molecule has 7 heteroatoms. The number of halogens is 1. The van der Waals surface area contributed by atoms with Crippen LogP contribution < -0.4 is 4.90 Å². The van der Waals surface area contributed by atoms with Crippen molar-refractivity contribution in [1.82, 2.24) is 9.80 Å². The molecule has 1 saturated heterocycles. The highest BCUT2D eigenvalue weighted by Crippen LogP contribution is 2.34. The van der Waals surface area contributed by atoms with Crippen LogP contribution in [-0.4, -0.2) is 60.1 Å². The van der Waals surface area contributed by atoms with Gasteiger partial charge in [0.15, 0.2) is 0 Å². The molecular formula is C21H22ClN3O2S. The first-order valence-corrected chi connectivity index (χ1v) is 10.7. The fourth-order valence-electron chi connectivity index (χ4n) is 3.61. The second kappa shape index (κ2) is 8.55. The van der Waals surface area contributed by atoms with Crippen LogP contribution in [0, 0.1) is 0 Å². The fraction of sp³-hybridized carbons (Fsp3) is 0.333. The van der Waals surface area contributed by atoms with Crippen molar-refractivity contribution in [3.63, 3.8) is 0 Å². The summed E-state index contributed by atoms with van der Waals surface area (Å²) in [6, 6.07) is 15.7. The van der Waals surface area contributed by atoms with Crippen LogP contribution in [0.5, 0.6) is 0 Å². The SMILES string of the molecule is O=C(CN1C(=O)CSc2ccccc21)N1CCN(Cc2cccc(Cl)c2)CC1. The number of hydrogen-bond acceptors (Lipinski definition) is 4. The van der Waals surface area contributed by atoms with Gasteiger partial charge in [-0.1, -0.05) is 35.9 Å². The number of fused-ring (bicyclic) bond motifs is 1. The van der Waals surface area contributed by atoms with E-state index in [4.69, 9.17) is 11.6 Å². The van der Waals surface area contributed by atoms with E-state index < -0.39 is 0 Å². The number of carbonyl (C=O) groups excluding carboxylic acids is 2. The number of carbonyl (C=O) groups is 2. The molecule has 2 aliphatic rings. The summed E-state index contributed by atoms with van der Waals surface area (Å²) >= 11 is 7.60. The third kappa shape index (κ3) is 4.35. The van der Waals surface area contributed by atoms with Crippen molar-refractivity contribution < 1.29 is 9.59 Å². The molecule has 0 spiro atoms. The number of benzene rings is 2. The number of nitrogens with zero attached hydrogens (tertiary/aromatic N) is 3. The topological polar surface area (TPSA) is 43.9 Å². The van der Waals surface area contributed by atoms with Gasteiger partial charge in [-0.3, -0.25) is 14.5 Å². The Kier molecular flexibility index (Phi) is 5.90. The average molecular weight is 416 g/mol. The third-order valence-electron chi connectivity index (χ3n) is 5.12. The molecule has 0 N–H and O–H groups in total. The number of rotatable bonds is 4. The molecule has 28 heavy (non-hydrogen) atoms. The highest BCUT2D eigenvalue weighted by Gasteiger charge is 2.29. The summed E-state index contributed by atoms with van der Waals surface area (Å²) in [5, 5.41) is 0.746. The highest BCUT2D eigenvalue weighted by atomic mass is 35.5. The van der Waals surface area contributed by atoms with Gasteiger partial charge in [0.05, 0.1) is 11.4 Å². The van der Waals surface area contributed by atoms with Crippen LogP contribution >= 0.6 is 23.4 Å². The van der Waals surface area contributed by atoms with E-state index >= 15 is 0 Å². The Morgan fingerprint density at radius 3 is 2.61 bits per heavy atom. The van der Waals surface area contributed by atoms with E-state index in [9.17, 15) is 9.59 Å². The van der Waals surface area contributed by atoms with Crippen LogP contribution in [0.2, 0.25) is 5.02 Å². The summed E-state index contributed by atoms with van der Waals surface area (Å²) in [6.45, 7) is 3.94. The molecule has 0 bridgehead atoms. The van der Waals surface area contributed by atoms with Gasteiger partial charge in [-0.25, -0.2) is 0 Å². The van der Waals surface area contributed by atoms with Gasteiger partial charge >= 0.3 is 0 Å². The lowest BCUT2D eigenvalue weighted by molar-refractivity contribution is -0.132. The quantitative estimate of drug-likeness (QED) is 0.769. The third-order valence-corrected chi connectivity index (χ3v) is 6.40. The molecule has 0 saturated carbocycles. The summed E-state index contributed by atoms with van der Waals surface area (Å²) in [6.07, 6.45) is 0. The monoisotopic (exact) mass is 415 g/mol. The lowest BCUT2D eigenvalue weighted by atomic mass is 10.2. The van der Waals surface area contributed by atoms with E-state index in [1.54, 1.807) is 4.90 Å². The molecular weight excluding hydrogens is 394 g/mol. The number of para-hydroxylation sites is 1. The number of thioether (sulfide) groups is 1. The van der Waals surface area contributed by atoms with Crippen molar-refractivity contribution in [1.29, 1.82) is 0 Å². The maximum absolute atomic E-state index is 12.8. The summed E-state index contributed by atoms with van der Waals surface area (Å²) in [7, 11) is 0. The molecule has 0 atom stereocenters. The van der Waals surface area contributed by atoms with Gasteiger partial charge in [0.2, 0.25) is 11.8 Å².